The molecule has 0 atom stereocenters. The second-order valence-electron chi connectivity index (χ2n) is 5.53. The van der Waals surface area contributed by atoms with E-state index in [0.29, 0.717) is 10.8 Å². The lowest BCUT2D eigenvalue weighted by Crippen LogP contribution is -2.26. The Balaban J connectivity index is 1.88. The van der Waals surface area contributed by atoms with Gasteiger partial charge in [0.15, 0.2) is 0 Å². The van der Waals surface area contributed by atoms with Crippen LogP contribution < -0.4 is 9.62 Å². The second-order valence-corrected chi connectivity index (χ2v) is 8.34. The van der Waals surface area contributed by atoms with Crippen LogP contribution in [0.15, 0.2) is 58.9 Å². The Morgan fingerprint density at radius 3 is 2.54 bits per heavy atom. The number of nitrogens with one attached hydrogen (secondary N) is 1. The number of sulfonamides is 1. The number of aryl methyl sites for hydroxylation is 1. The van der Waals surface area contributed by atoms with Gasteiger partial charge in [-0.1, -0.05) is 35.1 Å². The Labute approximate surface area is 155 Å². The molecule has 9 heteroatoms. The van der Waals surface area contributed by atoms with E-state index in [1.54, 1.807) is 18.2 Å². The van der Waals surface area contributed by atoms with Crippen LogP contribution >= 0.6 is 11.3 Å². The molecular weight excluding hydrogens is 372 g/mol. The first kappa shape index (κ1) is 18.0. The third kappa shape index (κ3) is 3.73. The zero-order chi connectivity index (χ0) is 18.7. The first-order valence-corrected chi connectivity index (χ1v) is 9.93. The molecule has 0 aliphatic carbocycles. The third-order valence-corrected chi connectivity index (χ3v) is 6.12. The quantitative estimate of drug-likeness (QED) is 0.725. The van der Waals surface area contributed by atoms with Crippen LogP contribution in [0.5, 0.6) is 0 Å². The highest BCUT2D eigenvalue weighted by Gasteiger charge is 2.22. The molecule has 1 heterocycles. The average Bonchev–Trinajstić information content (AvgIpc) is 3.15. The van der Waals surface area contributed by atoms with Gasteiger partial charge in [-0.3, -0.25) is 14.4 Å². The molecule has 0 saturated carbocycles. The summed E-state index contributed by atoms with van der Waals surface area (Å²) in [6.07, 6.45) is 0. The summed E-state index contributed by atoms with van der Waals surface area (Å²) in [5.41, 5.74) is 3.29. The van der Waals surface area contributed by atoms with Gasteiger partial charge in [0.05, 0.1) is 10.6 Å². The summed E-state index contributed by atoms with van der Waals surface area (Å²) in [5, 5.41) is 10.3. The maximum absolute atomic E-state index is 12.9. The highest BCUT2D eigenvalue weighted by atomic mass is 32.2. The molecule has 0 radical (unpaired) electrons. The fourth-order valence-electron chi connectivity index (χ4n) is 2.25. The maximum atomic E-state index is 12.9. The molecule has 0 unspecified atom stereocenters. The molecule has 26 heavy (non-hydrogen) atoms. The Bertz CT molecular complexity index is 1020. The lowest BCUT2D eigenvalue weighted by molar-refractivity contribution is 0.102. The summed E-state index contributed by atoms with van der Waals surface area (Å²) in [6, 6.07) is 13.0. The molecule has 1 N–H and O–H groups in total. The van der Waals surface area contributed by atoms with Crippen molar-refractivity contribution in [2.24, 2.45) is 0 Å². The van der Waals surface area contributed by atoms with Gasteiger partial charge in [0, 0.05) is 12.6 Å². The number of rotatable bonds is 5. The van der Waals surface area contributed by atoms with E-state index in [1.807, 2.05) is 19.1 Å². The number of nitrogens with zero attached hydrogens (tertiary/aromatic N) is 3. The van der Waals surface area contributed by atoms with Crippen LogP contribution in [-0.2, 0) is 10.0 Å². The Hall–Kier alpha value is -2.78. The monoisotopic (exact) mass is 388 g/mol. The predicted molar refractivity (Wildman–Crippen MR) is 101 cm³/mol. The molecular formula is C17H16N4O3S2. The fourth-order valence-corrected chi connectivity index (χ4v) is 3.93. The van der Waals surface area contributed by atoms with E-state index in [1.165, 1.54) is 46.4 Å². The largest absolute Gasteiger partial charge is 0.296 e. The first-order chi connectivity index (χ1) is 12.4. The molecule has 7 nitrogen and oxygen atoms in total. The molecule has 134 valence electrons. The van der Waals surface area contributed by atoms with Crippen molar-refractivity contribution < 1.29 is 13.2 Å². The standard InChI is InChI=1S/C17H16N4O3S2/c1-12-6-8-14(9-7-12)21(2)26(23,24)15-5-3-4-13(10-15)16(22)19-17-20-18-11-25-17/h3-11H,1-2H3,(H,19,20,22). The minimum absolute atomic E-state index is 0.0329. The van der Waals surface area contributed by atoms with E-state index in [-0.39, 0.29) is 10.5 Å². The molecule has 0 saturated heterocycles. The Kier molecular flexibility index (Phi) is 5.01. The number of hydrogen-bond acceptors (Lipinski definition) is 6. The van der Waals surface area contributed by atoms with Gasteiger partial charge in [0.2, 0.25) is 5.13 Å². The van der Waals surface area contributed by atoms with Gasteiger partial charge in [-0.05, 0) is 37.3 Å². The number of hydrogen-bond donors (Lipinski definition) is 1. The highest BCUT2D eigenvalue weighted by Crippen LogP contribution is 2.23. The van der Waals surface area contributed by atoms with E-state index in [2.05, 4.69) is 15.5 Å². The number of carbonyl (C=O) groups is 1. The van der Waals surface area contributed by atoms with Gasteiger partial charge in [0.1, 0.15) is 5.51 Å². The smallest absolute Gasteiger partial charge is 0.264 e. The van der Waals surface area contributed by atoms with Crippen molar-refractivity contribution >= 4 is 38.1 Å². The molecule has 1 aromatic heterocycles. The molecule has 3 rings (SSSR count). The van der Waals surface area contributed by atoms with Crippen LogP contribution in [0, 0.1) is 6.92 Å². The van der Waals surface area contributed by atoms with Gasteiger partial charge in [-0.25, -0.2) is 8.42 Å². The summed E-state index contributed by atoms with van der Waals surface area (Å²) in [6.45, 7) is 1.93. The average molecular weight is 388 g/mol. The van der Waals surface area contributed by atoms with Crippen LogP contribution in [0.1, 0.15) is 15.9 Å². The lowest BCUT2D eigenvalue weighted by Gasteiger charge is -2.20. The first-order valence-electron chi connectivity index (χ1n) is 7.61. The van der Waals surface area contributed by atoms with E-state index in [0.717, 1.165) is 5.56 Å². The van der Waals surface area contributed by atoms with Crippen LogP contribution in [0.25, 0.3) is 0 Å². The van der Waals surface area contributed by atoms with Gasteiger partial charge in [-0.15, -0.1) is 10.2 Å². The summed E-state index contributed by atoms with van der Waals surface area (Å²) in [4.78, 5) is 12.3. The lowest BCUT2D eigenvalue weighted by atomic mass is 10.2. The fraction of sp³-hybridized carbons (Fsp3) is 0.118. The zero-order valence-corrected chi connectivity index (χ0v) is 15.7. The van der Waals surface area contributed by atoms with Crippen LogP contribution in [0.4, 0.5) is 10.8 Å². The molecule has 0 aliphatic heterocycles. The van der Waals surface area contributed by atoms with Crippen LogP contribution in [-0.4, -0.2) is 31.6 Å². The second kappa shape index (κ2) is 7.22. The molecule has 2 aromatic carbocycles. The number of benzene rings is 2. The van der Waals surface area contributed by atoms with E-state index in [4.69, 9.17) is 0 Å². The van der Waals surface area contributed by atoms with Crippen molar-refractivity contribution in [2.75, 3.05) is 16.7 Å². The number of carbonyl (C=O) groups excluding carboxylic acids is 1. The van der Waals surface area contributed by atoms with Crippen molar-refractivity contribution in [1.29, 1.82) is 0 Å². The van der Waals surface area contributed by atoms with Crippen molar-refractivity contribution in [2.45, 2.75) is 11.8 Å². The van der Waals surface area contributed by atoms with E-state index in [9.17, 15) is 13.2 Å². The minimum atomic E-state index is -3.79. The Morgan fingerprint density at radius 2 is 1.88 bits per heavy atom. The topological polar surface area (TPSA) is 92.3 Å². The molecule has 1 amide bonds. The van der Waals surface area contributed by atoms with Crippen molar-refractivity contribution in [3.8, 4) is 0 Å². The molecule has 0 aliphatic rings. The highest BCUT2D eigenvalue weighted by molar-refractivity contribution is 7.92. The van der Waals surface area contributed by atoms with Gasteiger partial charge >= 0.3 is 0 Å². The number of anilines is 2. The number of aromatic nitrogens is 2. The summed E-state index contributed by atoms with van der Waals surface area (Å²) in [7, 11) is -2.31. The minimum Gasteiger partial charge on any atom is -0.296 e. The van der Waals surface area contributed by atoms with Crippen molar-refractivity contribution in [1.82, 2.24) is 10.2 Å². The van der Waals surface area contributed by atoms with Gasteiger partial charge in [-0.2, -0.15) is 0 Å². The SMILES string of the molecule is Cc1ccc(N(C)S(=O)(=O)c2cccc(C(=O)Nc3nncs3)c2)cc1. The normalized spacial score (nSPS) is 11.2. The van der Waals surface area contributed by atoms with E-state index >= 15 is 0 Å². The van der Waals surface area contributed by atoms with Crippen molar-refractivity contribution in [3.05, 3.63) is 65.2 Å². The van der Waals surface area contributed by atoms with E-state index < -0.39 is 15.9 Å². The summed E-state index contributed by atoms with van der Waals surface area (Å²) < 4.78 is 27.0. The Morgan fingerprint density at radius 1 is 1.15 bits per heavy atom. The number of amides is 1. The predicted octanol–water partition coefficient (Wildman–Crippen LogP) is 2.92. The van der Waals surface area contributed by atoms with Gasteiger partial charge in [0.25, 0.3) is 15.9 Å². The summed E-state index contributed by atoms with van der Waals surface area (Å²) >= 11 is 1.18. The zero-order valence-electron chi connectivity index (χ0n) is 14.1. The maximum Gasteiger partial charge on any atom is 0.264 e. The van der Waals surface area contributed by atoms with Crippen molar-refractivity contribution in [3.63, 3.8) is 0 Å². The van der Waals surface area contributed by atoms with Crippen LogP contribution in [0.2, 0.25) is 0 Å². The molecule has 0 fully saturated rings. The van der Waals surface area contributed by atoms with Gasteiger partial charge < -0.3 is 0 Å². The molecule has 0 bridgehead atoms. The third-order valence-electron chi connectivity index (χ3n) is 3.73. The molecule has 0 spiro atoms. The summed E-state index contributed by atoms with van der Waals surface area (Å²) in [5.74, 6) is -0.447. The van der Waals surface area contributed by atoms with Crippen LogP contribution in [0.3, 0.4) is 0 Å². The molecule has 3 aromatic rings.